The van der Waals surface area contributed by atoms with Gasteiger partial charge in [-0.3, -0.25) is 9.59 Å². The van der Waals surface area contributed by atoms with Crippen LogP contribution >= 0.6 is 0 Å². The second kappa shape index (κ2) is 8.81. The molecule has 0 radical (unpaired) electrons. The van der Waals surface area contributed by atoms with Crippen LogP contribution in [0.15, 0.2) is 48.5 Å². The molecule has 3 aliphatic carbocycles. The Morgan fingerprint density at radius 1 is 0.862 bits per heavy atom. The number of hydrogen-bond acceptors (Lipinski definition) is 2. The number of fused-ring (bicyclic) bond motifs is 1. The molecule has 0 saturated heterocycles. The number of carbonyl (C=O) groups excluding carboxylic acids is 2. The van der Waals surface area contributed by atoms with E-state index in [-0.39, 0.29) is 11.8 Å². The van der Waals surface area contributed by atoms with Crippen LogP contribution in [0.25, 0.3) is 0 Å². The van der Waals surface area contributed by atoms with Gasteiger partial charge in [0.25, 0.3) is 0 Å². The Bertz CT molecular complexity index is 844. The van der Waals surface area contributed by atoms with Gasteiger partial charge in [0.1, 0.15) is 0 Å². The summed E-state index contributed by atoms with van der Waals surface area (Å²) in [5.74, 6) is 1.43. The van der Waals surface area contributed by atoms with E-state index in [9.17, 15) is 9.59 Å². The van der Waals surface area contributed by atoms with Gasteiger partial charge in [0.05, 0.1) is 0 Å². The summed E-state index contributed by atoms with van der Waals surface area (Å²) in [5.41, 5.74) is 5.83. The molecule has 1 unspecified atom stereocenters. The van der Waals surface area contributed by atoms with Gasteiger partial charge in [-0.05, 0) is 47.4 Å². The van der Waals surface area contributed by atoms with E-state index in [1.165, 1.54) is 29.2 Å². The third-order valence-corrected chi connectivity index (χ3v) is 6.44. The van der Waals surface area contributed by atoms with Crippen LogP contribution in [-0.4, -0.2) is 24.9 Å². The third-order valence-electron chi connectivity index (χ3n) is 6.44. The fraction of sp³-hybridized carbons (Fsp3) is 0.440. The van der Waals surface area contributed by atoms with E-state index in [0.29, 0.717) is 30.7 Å². The Morgan fingerprint density at radius 2 is 1.48 bits per heavy atom. The van der Waals surface area contributed by atoms with Crippen molar-refractivity contribution >= 4 is 11.8 Å². The fourth-order valence-corrected chi connectivity index (χ4v) is 5.14. The zero-order valence-corrected chi connectivity index (χ0v) is 17.1. The van der Waals surface area contributed by atoms with Crippen molar-refractivity contribution in [3.8, 4) is 0 Å². The summed E-state index contributed by atoms with van der Waals surface area (Å²) < 4.78 is 0. The lowest BCUT2D eigenvalue weighted by Crippen LogP contribution is -2.39. The number of rotatable bonds is 8. The molecule has 4 heteroatoms. The van der Waals surface area contributed by atoms with E-state index in [0.717, 1.165) is 32.2 Å². The molecule has 4 nitrogen and oxygen atoms in total. The van der Waals surface area contributed by atoms with E-state index < -0.39 is 0 Å². The minimum Gasteiger partial charge on any atom is -0.356 e. The number of unbranched alkanes of at least 4 members (excludes halogenated alkanes) is 2. The predicted molar refractivity (Wildman–Crippen MR) is 115 cm³/mol. The lowest BCUT2D eigenvalue weighted by molar-refractivity contribution is -0.121. The van der Waals surface area contributed by atoms with E-state index in [4.69, 9.17) is 0 Å². The number of carbonyl (C=O) groups is 2. The topological polar surface area (TPSA) is 58.2 Å². The maximum Gasteiger partial charge on any atom is 0.220 e. The van der Waals surface area contributed by atoms with Crippen molar-refractivity contribution in [2.75, 3.05) is 13.1 Å². The molecule has 0 spiro atoms. The van der Waals surface area contributed by atoms with Crippen LogP contribution in [0.4, 0.5) is 0 Å². The monoisotopic (exact) mass is 390 g/mol. The van der Waals surface area contributed by atoms with Gasteiger partial charge in [-0.1, -0.05) is 55.0 Å². The summed E-state index contributed by atoms with van der Waals surface area (Å²) in [6.45, 7) is 2.97. The van der Waals surface area contributed by atoms with Crippen molar-refractivity contribution in [1.82, 2.24) is 10.6 Å². The van der Waals surface area contributed by atoms with Gasteiger partial charge in [0.15, 0.2) is 0 Å². The molecule has 0 saturated carbocycles. The van der Waals surface area contributed by atoms with Crippen LogP contribution in [0.5, 0.6) is 0 Å². The molecule has 2 aromatic rings. The third kappa shape index (κ3) is 4.21. The first-order valence-electron chi connectivity index (χ1n) is 10.8. The molecule has 5 rings (SSSR count). The highest BCUT2D eigenvalue weighted by Gasteiger charge is 2.42. The smallest absolute Gasteiger partial charge is 0.220 e. The fourth-order valence-electron chi connectivity index (χ4n) is 5.14. The van der Waals surface area contributed by atoms with E-state index in [2.05, 4.69) is 59.2 Å². The molecule has 0 aliphatic heterocycles. The highest BCUT2D eigenvalue weighted by atomic mass is 16.2. The van der Waals surface area contributed by atoms with Crippen LogP contribution < -0.4 is 10.6 Å². The Hall–Kier alpha value is -2.62. The van der Waals surface area contributed by atoms with E-state index in [1.807, 2.05) is 0 Å². The molecular formula is C25H30N2O2. The predicted octanol–water partition coefficient (Wildman–Crippen LogP) is 4.10. The molecule has 3 aliphatic rings. The molecule has 2 bridgehead atoms. The van der Waals surface area contributed by atoms with Gasteiger partial charge >= 0.3 is 0 Å². The van der Waals surface area contributed by atoms with Crippen molar-refractivity contribution in [3.63, 3.8) is 0 Å². The van der Waals surface area contributed by atoms with Crippen molar-refractivity contribution < 1.29 is 9.59 Å². The summed E-state index contributed by atoms with van der Waals surface area (Å²) in [6, 6.07) is 17.7. The molecule has 2 N–H and O–H groups in total. The van der Waals surface area contributed by atoms with Crippen molar-refractivity contribution in [2.45, 2.75) is 50.9 Å². The molecule has 0 fully saturated rings. The second-order valence-corrected chi connectivity index (χ2v) is 8.38. The van der Waals surface area contributed by atoms with Gasteiger partial charge in [0, 0.05) is 38.3 Å². The SMILES string of the molecule is CC(=O)NCCCCCC(=O)NCC1CC2c3ccccc3C1c1ccccc12. The molecule has 29 heavy (non-hydrogen) atoms. The van der Waals surface area contributed by atoms with Crippen molar-refractivity contribution in [1.29, 1.82) is 0 Å². The largest absolute Gasteiger partial charge is 0.356 e. The van der Waals surface area contributed by atoms with Gasteiger partial charge in [0.2, 0.25) is 11.8 Å². The quantitative estimate of drug-likeness (QED) is 0.667. The zero-order valence-electron chi connectivity index (χ0n) is 17.1. The number of nitrogens with one attached hydrogen (secondary N) is 2. The van der Waals surface area contributed by atoms with Crippen LogP contribution in [-0.2, 0) is 9.59 Å². The summed E-state index contributed by atoms with van der Waals surface area (Å²) in [5, 5.41) is 5.99. The van der Waals surface area contributed by atoms with Crippen LogP contribution in [0.1, 0.15) is 73.1 Å². The standard InChI is InChI=1S/C25H30N2O2/c1-17(28)26-14-8-2-3-13-24(29)27-16-18-15-23-19-9-4-6-11-21(19)25(18)22-12-7-5-10-20(22)23/h4-7,9-12,18,23,25H,2-3,8,13-16H2,1H3,(H,26,28)(H,27,29). The molecule has 2 amide bonds. The Morgan fingerprint density at radius 3 is 2.10 bits per heavy atom. The summed E-state index contributed by atoms with van der Waals surface area (Å²) in [4.78, 5) is 23.2. The molecule has 1 atom stereocenters. The lowest BCUT2D eigenvalue weighted by Gasteiger charge is -2.45. The summed E-state index contributed by atoms with van der Waals surface area (Å²) in [6.07, 6.45) is 4.42. The molecule has 0 heterocycles. The lowest BCUT2D eigenvalue weighted by atomic mass is 9.59. The highest BCUT2D eigenvalue weighted by molar-refractivity contribution is 5.76. The average Bonchev–Trinajstić information content (AvgIpc) is 2.74. The molecule has 152 valence electrons. The van der Waals surface area contributed by atoms with Crippen molar-refractivity contribution in [3.05, 3.63) is 70.8 Å². The summed E-state index contributed by atoms with van der Waals surface area (Å²) >= 11 is 0. The Kier molecular flexibility index (Phi) is 5.98. The first kappa shape index (κ1) is 19.7. The van der Waals surface area contributed by atoms with Crippen molar-refractivity contribution in [2.24, 2.45) is 5.92 Å². The number of amides is 2. The normalized spacial score (nSPS) is 21.2. The summed E-state index contributed by atoms with van der Waals surface area (Å²) in [7, 11) is 0. The first-order valence-corrected chi connectivity index (χ1v) is 10.8. The Balaban J connectivity index is 1.33. The van der Waals surface area contributed by atoms with Gasteiger partial charge in [-0.15, -0.1) is 0 Å². The maximum absolute atomic E-state index is 12.3. The number of benzene rings is 2. The van der Waals surface area contributed by atoms with Gasteiger partial charge < -0.3 is 10.6 Å². The highest BCUT2D eigenvalue weighted by Crippen LogP contribution is 2.55. The molecular weight excluding hydrogens is 360 g/mol. The number of hydrogen-bond donors (Lipinski definition) is 2. The van der Waals surface area contributed by atoms with E-state index >= 15 is 0 Å². The maximum atomic E-state index is 12.3. The molecule has 0 aromatic heterocycles. The first-order chi connectivity index (χ1) is 14.1. The Labute approximate surface area is 173 Å². The van der Waals surface area contributed by atoms with Crippen LogP contribution in [0.3, 0.4) is 0 Å². The van der Waals surface area contributed by atoms with Crippen LogP contribution in [0, 0.1) is 5.92 Å². The van der Waals surface area contributed by atoms with E-state index in [1.54, 1.807) is 0 Å². The minimum absolute atomic E-state index is 0.00710. The second-order valence-electron chi connectivity index (χ2n) is 8.38. The van der Waals surface area contributed by atoms with Gasteiger partial charge in [-0.2, -0.15) is 0 Å². The minimum atomic E-state index is 0.00710. The average molecular weight is 391 g/mol. The van der Waals surface area contributed by atoms with Gasteiger partial charge in [-0.25, -0.2) is 0 Å². The molecule has 2 aromatic carbocycles. The van der Waals surface area contributed by atoms with Crippen LogP contribution in [0.2, 0.25) is 0 Å². The zero-order chi connectivity index (χ0) is 20.2.